The molecule has 4 heterocycles. The third kappa shape index (κ3) is 6.01. The number of carbonyl (C=O) groups is 1. The molecular formula is C30H41F2N5O2. The van der Waals surface area contributed by atoms with Crippen molar-refractivity contribution >= 4 is 11.6 Å². The number of halogens is 2. The minimum absolute atomic E-state index is 0.0640. The first-order chi connectivity index (χ1) is 18.5. The Morgan fingerprint density at radius 3 is 2.62 bits per heavy atom. The summed E-state index contributed by atoms with van der Waals surface area (Å²) in [6, 6.07) is 6.71. The van der Waals surface area contributed by atoms with Gasteiger partial charge in [0.25, 0.3) is 0 Å². The molecule has 0 aliphatic carbocycles. The second-order valence-electron chi connectivity index (χ2n) is 12.3. The van der Waals surface area contributed by atoms with Gasteiger partial charge in [0.15, 0.2) is 0 Å². The molecule has 2 saturated heterocycles. The van der Waals surface area contributed by atoms with E-state index in [4.69, 9.17) is 4.74 Å². The van der Waals surface area contributed by atoms with Gasteiger partial charge in [-0.1, -0.05) is 19.9 Å². The molecule has 9 heteroatoms. The lowest BCUT2D eigenvalue weighted by molar-refractivity contribution is -0.121. The highest BCUT2D eigenvalue weighted by Crippen LogP contribution is 2.40. The van der Waals surface area contributed by atoms with Gasteiger partial charge >= 0.3 is 0 Å². The summed E-state index contributed by atoms with van der Waals surface area (Å²) in [6.45, 7) is 15.7. The van der Waals surface area contributed by atoms with Crippen molar-refractivity contribution in [2.24, 2.45) is 0 Å². The predicted octanol–water partition coefficient (Wildman–Crippen LogP) is 3.35. The number of benzene rings is 1. The standard InChI is InChI=1S/C30H41F2N5O2/c1-19-13-35(25(11-33-19)14-36-20(2)16-39-17-21(36)3)15-29(38)37-18-30(4,5)26-12-34-24(10-28(26)37)8-22-6-7-23(31)9-27(22)32/h6-7,9-10,12,19-21,25,33H,8,11,13-18H2,1-5H3/t19-,20-,21-,25-/m1/s1. The Morgan fingerprint density at radius 1 is 1.15 bits per heavy atom. The Kier molecular flexibility index (Phi) is 8.06. The van der Waals surface area contributed by atoms with E-state index in [1.165, 1.54) is 12.1 Å². The summed E-state index contributed by atoms with van der Waals surface area (Å²) in [5.41, 5.74) is 2.64. The molecule has 0 spiro atoms. The Hall–Kier alpha value is -2.46. The van der Waals surface area contributed by atoms with Gasteiger partial charge in [0.1, 0.15) is 11.6 Å². The molecule has 212 valence electrons. The zero-order chi connectivity index (χ0) is 27.9. The van der Waals surface area contributed by atoms with E-state index >= 15 is 0 Å². The normalized spacial score (nSPS) is 27.5. The van der Waals surface area contributed by atoms with E-state index in [0.717, 1.165) is 50.2 Å². The number of rotatable bonds is 6. The molecule has 1 amide bonds. The molecule has 1 aromatic carbocycles. The van der Waals surface area contributed by atoms with Crippen LogP contribution < -0.4 is 10.2 Å². The van der Waals surface area contributed by atoms with Gasteiger partial charge in [-0.15, -0.1) is 0 Å². The van der Waals surface area contributed by atoms with Crippen molar-refractivity contribution < 1.29 is 18.3 Å². The number of piperazine rings is 1. The zero-order valence-corrected chi connectivity index (χ0v) is 23.7. The fourth-order valence-corrected chi connectivity index (χ4v) is 6.28. The van der Waals surface area contributed by atoms with Crippen LogP contribution in [0.25, 0.3) is 0 Å². The molecule has 0 saturated carbocycles. The second kappa shape index (κ2) is 11.2. The van der Waals surface area contributed by atoms with Crippen LogP contribution in [0.1, 0.15) is 51.4 Å². The summed E-state index contributed by atoms with van der Waals surface area (Å²) in [5.74, 6) is -1.13. The summed E-state index contributed by atoms with van der Waals surface area (Å²) >= 11 is 0. The fourth-order valence-electron chi connectivity index (χ4n) is 6.28. The molecule has 2 aromatic rings. The first-order valence-electron chi connectivity index (χ1n) is 14.1. The molecule has 39 heavy (non-hydrogen) atoms. The van der Waals surface area contributed by atoms with Crippen LogP contribution in [0.4, 0.5) is 14.5 Å². The second-order valence-corrected chi connectivity index (χ2v) is 12.3. The number of carbonyl (C=O) groups excluding carboxylic acids is 1. The third-order valence-electron chi connectivity index (χ3n) is 8.54. The van der Waals surface area contributed by atoms with Crippen molar-refractivity contribution in [1.82, 2.24) is 20.1 Å². The molecule has 2 fully saturated rings. The van der Waals surface area contributed by atoms with Crippen molar-refractivity contribution in [1.29, 1.82) is 0 Å². The first-order valence-corrected chi connectivity index (χ1v) is 14.1. The highest BCUT2D eigenvalue weighted by Gasteiger charge is 2.40. The van der Waals surface area contributed by atoms with E-state index in [0.29, 0.717) is 42.5 Å². The summed E-state index contributed by atoms with van der Waals surface area (Å²) in [7, 11) is 0. The van der Waals surface area contributed by atoms with E-state index in [-0.39, 0.29) is 23.8 Å². The smallest absolute Gasteiger partial charge is 0.241 e. The predicted molar refractivity (Wildman–Crippen MR) is 148 cm³/mol. The van der Waals surface area contributed by atoms with E-state index in [1.807, 2.05) is 17.2 Å². The van der Waals surface area contributed by atoms with Crippen LogP contribution in [0.2, 0.25) is 0 Å². The number of fused-ring (bicyclic) bond motifs is 1. The molecule has 1 aromatic heterocycles. The van der Waals surface area contributed by atoms with Crippen LogP contribution in [-0.4, -0.2) is 90.8 Å². The van der Waals surface area contributed by atoms with Crippen molar-refractivity contribution in [3.05, 3.63) is 58.9 Å². The van der Waals surface area contributed by atoms with Crippen LogP contribution in [0.5, 0.6) is 0 Å². The maximum Gasteiger partial charge on any atom is 0.241 e. The number of amides is 1. The highest BCUT2D eigenvalue weighted by atomic mass is 19.1. The van der Waals surface area contributed by atoms with E-state index < -0.39 is 11.6 Å². The lowest BCUT2D eigenvalue weighted by Gasteiger charge is -2.46. The van der Waals surface area contributed by atoms with Crippen LogP contribution in [0.3, 0.4) is 0 Å². The van der Waals surface area contributed by atoms with Crippen LogP contribution in [-0.2, 0) is 21.4 Å². The number of aromatic nitrogens is 1. The average molecular weight is 542 g/mol. The first kappa shape index (κ1) is 28.1. The number of hydrogen-bond acceptors (Lipinski definition) is 6. The van der Waals surface area contributed by atoms with Gasteiger partial charge in [0.2, 0.25) is 5.91 Å². The molecule has 1 N–H and O–H groups in total. The summed E-state index contributed by atoms with van der Waals surface area (Å²) in [5, 5.41) is 3.60. The molecule has 0 radical (unpaired) electrons. The van der Waals surface area contributed by atoms with Crippen LogP contribution in [0, 0.1) is 11.6 Å². The molecule has 0 unspecified atom stereocenters. The number of pyridine rings is 1. The number of ether oxygens (including phenoxy) is 1. The van der Waals surface area contributed by atoms with Gasteiger partial charge in [-0.3, -0.25) is 19.6 Å². The number of nitrogens with zero attached hydrogens (tertiary/aromatic N) is 4. The quantitative estimate of drug-likeness (QED) is 0.606. The van der Waals surface area contributed by atoms with E-state index in [2.05, 4.69) is 54.7 Å². The average Bonchev–Trinajstić information content (AvgIpc) is 3.14. The van der Waals surface area contributed by atoms with Crippen LogP contribution >= 0.6 is 0 Å². The summed E-state index contributed by atoms with van der Waals surface area (Å²) in [4.78, 5) is 25.2. The van der Waals surface area contributed by atoms with Crippen LogP contribution in [0.15, 0.2) is 30.5 Å². The molecule has 4 atom stereocenters. The molecule has 0 bridgehead atoms. The van der Waals surface area contributed by atoms with Crippen molar-refractivity contribution in [3.63, 3.8) is 0 Å². The van der Waals surface area contributed by atoms with Gasteiger partial charge < -0.3 is 15.0 Å². The molecular weight excluding hydrogens is 500 g/mol. The molecule has 7 nitrogen and oxygen atoms in total. The lowest BCUT2D eigenvalue weighted by atomic mass is 9.88. The monoisotopic (exact) mass is 541 g/mol. The summed E-state index contributed by atoms with van der Waals surface area (Å²) < 4.78 is 33.4. The van der Waals surface area contributed by atoms with E-state index in [1.54, 1.807) is 0 Å². The lowest BCUT2D eigenvalue weighted by Crippen LogP contribution is -2.63. The fraction of sp³-hybridized carbons (Fsp3) is 0.600. The van der Waals surface area contributed by atoms with Crippen molar-refractivity contribution in [2.75, 3.05) is 50.8 Å². The Balaban J connectivity index is 1.34. The maximum atomic E-state index is 14.3. The minimum atomic E-state index is -0.602. The topological polar surface area (TPSA) is 60.9 Å². The minimum Gasteiger partial charge on any atom is -0.378 e. The summed E-state index contributed by atoms with van der Waals surface area (Å²) in [6.07, 6.45) is 2.05. The molecule has 5 rings (SSSR count). The zero-order valence-electron chi connectivity index (χ0n) is 23.7. The highest BCUT2D eigenvalue weighted by molar-refractivity contribution is 5.97. The Bertz CT molecular complexity index is 1200. The van der Waals surface area contributed by atoms with Gasteiger partial charge in [-0.05, 0) is 38.5 Å². The van der Waals surface area contributed by atoms with E-state index in [9.17, 15) is 13.6 Å². The van der Waals surface area contributed by atoms with Gasteiger partial charge in [0.05, 0.1) is 25.4 Å². The largest absolute Gasteiger partial charge is 0.378 e. The molecule has 3 aliphatic rings. The van der Waals surface area contributed by atoms with Gasteiger partial charge in [0, 0.05) is 85.7 Å². The number of hydrogen-bond donors (Lipinski definition) is 1. The maximum absolute atomic E-state index is 14.3. The number of morpholine rings is 1. The van der Waals surface area contributed by atoms with Crippen molar-refractivity contribution in [2.45, 2.75) is 70.6 Å². The number of nitrogens with one attached hydrogen (secondary N) is 1. The SMILES string of the molecule is C[C@@H]1CN(CC(=O)N2CC(C)(C)c3cnc(Cc4ccc(F)cc4F)cc32)[C@@H](CN2[C@H](C)COC[C@H]2C)CN1. The molecule has 3 aliphatic heterocycles. The Morgan fingerprint density at radius 2 is 1.90 bits per heavy atom. The third-order valence-corrected chi connectivity index (χ3v) is 8.54. The number of anilines is 1. The van der Waals surface area contributed by atoms with Crippen molar-refractivity contribution in [3.8, 4) is 0 Å². The van der Waals surface area contributed by atoms with Gasteiger partial charge in [-0.2, -0.15) is 0 Å². The van der Waals surface area contributed by atoms with Gasteiger partial charge in [-0.25, -0.2) is 8.78 Å². The Labute approximate surface area is 230 Å².